The maximum atomic E-state index is 12.2. The molecule has 0 aromatic heterocycles. The molecular formula is C14H20BrClN2O. The van der Waals surface area contributed by atoms with E-state index in [2.05, 4.69) is 39.6 Å². The number of carbonyl (C=O) groups is 1. The summed E-state index contributed by atoms with van der Waals surface area (Å²) in [5.41, 5.74) is 2.11. The second kappa shape index (κ2) is 7.88. The van der Waals surface area contributed by atoms with Crippen LogP contribution in [0.25, 0.3) is 0 Å². The monoisotopic (exact) mass is 346 g/mol. The van der Waals surface area contributed by atoms with Crippen LogP contribution in [0, 0.1) is 5.92 Å². The van der Waals surface area contributed by atoms with E-state index in [9.17, 15) is 4.79 Å². The summed E-state index contributed by atoms with van der Waals surface area (Å²) >= 11 is 3.46. The zero-order valence-corrected chi connectivity index (χ0v) is 13.4. The molecule has 0 radical (unpaired) electrons. The van der Waals surface area contributed by atoms with Gasteiger partial charge in [0.05, 0.1) is 5.92 Å². The summed E-state index contributed by atoms with van der Waals surface area (Å²) in [6.45, 7) is 3.92. The molecule has 0 saturated carbocycles. The standard InChI is InChI=1S/C14H19BrN2O.ClH/c1-2-10-8-12(15)5-6-13(10)17-14(18)11-4-3-7-16-9-11;/h5-6,8,11,16H,2-4,7,9H2,1H3,(H,17,18);1H. The van der Waals surface area contributed by atoms with Crippen molar-refractivity contribution in [3.05, 3.63) is 28.2 Å². The van der Waals surface area contributed by atoms with Gasteiger partial charge in [0.25, 0.3) is 0 Å². The van der Waals surface area contributed by atoms with Gasteiger partial charge >= 0.3 is 0 Å². The Kier molecular flexibility index (Phi) is 6.83. The number of hydrogen-bond donors (Lipinski definition) is 2. The van der Waals surface area contributed by atoms with Crippen LogP contribution in [0.5, 0.6) is 0 Å². The average Bonchev–Trinajstić information content (AvgIpc) is 2.41. The Morgan fingerprint density at radius 3 is 2.95 bits per heavy atom. The number of amides is 1. The number of anilines is 1. The molecule has 1 amide bonds. The van der Waals surface area contributed by atoms with Crippen LogP contribution in [-0.2, 0) is 11.2 Å². The van der Waals surface area contributed by atoms with E-state index in [-0.39, 0.29) is 24.2 Å². The van der Waals surface area contributed by atoms with Gasteiger partial charge in [0.2, 0.25) is 5.91 Å². The number of carbonyl (C=O) groups excluding carboxylic acids is 1. The topological polar surface area (TPSA) is 41.1 Å². The first-order valence-electron chi connectivity index (χ1n) is 6.50. The molecule has 19 heavy (non-hydrogen) atoms. The van der Waals surface area contributed by atoms with Gasteiger partial charge in [-0.1, -0.05) is 22.9 Å². The molecule has 1 atom stereocenters. The Bertz CT molecular complexity index is 433. The lowest BCUT2D eigenvalue weighted by Gasteiger charge is -2.22. The Balaban J connectivity index is 0.00000180. The highest BCUT2D eigenvalue weighted by molar-refractivity contribution is 9.10. The van der Waals surface area contributed by atoms with E-state index in [1.165, 1.54) is 5.56 Å². The molecule has 2 rings (SSSR count). The summed E-state index contributed by atoms with van der Waals surface area (Å²) < 4.78 is 1.05. The minimum Gasteiger partial charge on any atom is -0.326 e. The molecule has 1 fully saturated rings. The quantitative estimate of drug-likeness (QED) is 0.880. The Morgan fingerprint density at radius 1 is 1.53 bits per heavy atom. The summed E-state index contributed by atoms with van der Waals surface area (Å²) in [4.78, 5) is 12.2. The molecule has 0 spiro atoms. The summed E-state index contributed by atoms with van der Waals surface area (Å²) in [6.07, 6.45) is 2.98. The average molecular weight is 348 g/mol. The van der Waals surface area contributed by atoms with Crippen molar-refractivity contribution in [3.8, 4) is 0 Å². The van der Waals surface area contributed by atoms with Crippen molar-refractivity contribution < 1.29 is 4.79 Å². The van der Waals surface area contributed by atoms with E-state index in [1.807, 2.05) is 12.1 Å². The van der Waals surface area contributed by atoms with Gasteiger partial charge in [0, 0.05) is 16.7 Å². The SMILES string of the molecule is CCc1cc(Br)ccc1NC(=O)C1CCCNC1.Cl. The van der Waals surface area contributed by atoms with Gasteiger partial charge in [-0.05, 0) is 49.6 Å². The predicted octanol–water partition coefficient (Wildman–Crippen LogP) is 3.37. The number of nitrogens with one attached hydrogen (secondary N) is 2. The van der Waals surface area contributed by atoms with Crippen molar-refractivity contribution in [2.45, 2.75) is 26.2 Å². The van der Waals surface area contributed by atoms with Crippen LogP contribution in [0.2, 0.25) is 0 Å². The van der Waals surface area contributed by atoms with Gasteiger partial charge in [0.15, 0.2) is 0 Å². The van der Waals surface area contributed by atoms with Crippen molar-refractivity contribution in [1.29, 1.82) is 0 Å². The van der Waals surface area contributed by atoms with Crippen LogP contribution in [0.15, 0.2) is 22.7 Å². The molecule has 1 aliphatic rings. The molecule has 0 aliphatic carbocycles. The van der Waals surface area contributed by atoms with E-state index < -0.39 is 0 Å². The third kappa shape index (κ3) is 4.48. The minimum absolute atomic E-state index is 0. The van der Waals surface area contributed by atoms with Crippen LogP contribution in [0.3, 0.4) is 0 Å². The molecule has 2 N–H and O–H groups in total. The number of benzene rings is 1. The maximum Gasteiger partial charge on any atom is 0.228 e. The second-order valence-electron chi connectivity index (χ2n) is 4.69. The van der Waals surface area contributed by atoms with E-state index in [0.29, 0.717) is 0 Å². The number of aryl methyl sites for hydroxylation is 1. The highest BCUT2D eigenvalue weighted by Crippen LogP contribution is 2.23. The van der Waals surface area contributed by atoms with Crippen LogP contribution in [0.1, 0.15) is 25.3 Å². The lowest BCUT2D eigenvalue weighted by molar-refractivity contribution is -0.120. The van der Waals surface area contributed by atoms with Crippen LogP contribution in [0.4, 0.5) is 5.69 Å². The highest BCUT2D eigenvalue weighted by atomic mass is 79.9. The summed E-state index contributed by atoms with van der Waals surface area (Å²) in [5.74, 6) is 0.242. The molecular weight excluding hydrogens is 328 g/mol. The zero-order valence-electron chi connectivity index (χ0n) is 11.0. The van der Waals surface area contributed by atoms with Crippen molar-refractivity contribution in [3.63, 3.8) is 0 Å². The van der Waals surface area contributed by atoms with Gasteiger partial charge in [-0.2, -0.15) is 0 Å². The molecule has 106 valence electrons. The largest absolute Gasteiger partial charge is 0.326 e. The second-order valence-corrected chi connectivity index (χ2v) is 5.60. The van der Waals surface area contributed by atoms with Crippen molar-refractivity contribution in [2.75, 3.05) is 18.4 Å². The molecule has 0 bridgehead atoms. The Morgan fingerprint density at radius 2 is 2.32 bits per heavy atom. The lowest BCUT2D eigenvalue weighted by atomic mass is 9.98. The van der Waals surface area contributed by atoms with Crippen molar-refractivity contribution >= 4 is 39.9 Å². The Hall–Kier alpha value is -0.580. The fourth-order valence-electron chi connectivity index (χ4n) is 2.29. The first-order valence-corrected chi connectivity index (χ1v) is 7.30. The molecule has 1 saturated heterocycles. The van der Waals surface area contributed by atoms with Gasteiger partial charge in [0.1, 0.15) is 0 Å². The molecule has 1 heterocycles. The van der Waals surface area contributed by atoms with Crippen molar-refractivity contribution in [2.24, 2.45) is 5.92 Å². The molecule has 1 aliphatic heterocycles. The van der Waals surface area contributed by atoms with Crippen LogP contribution in [-0.4, -0.2) is 19.0 Å². The van der Waals surface area contributed by atoms with E-state index >= 15 is 0 Å². The predicted molar refractivity (Wildman–Crippen MR) is 85.0 cm³/mol. The number of halogens is 2. The van der Waals surface area contributed by atoms with E-state index in [4.69, 9.17) is 0 Å². The van der Waals surface area contributed by atoms with Gasteiger partial charge in [-0.25, -0.2) is 0 Å². The fourth-order valence-corrected chi connectivity index (χ4v) is 2.70. The number of piperidine rings is 1. The van der Waals surface area contributed by atoms with Crippen molar-refractivity contribution in [1.82, 2.24) is 5.32 Å². The van der Waals surface area contributed by atoms with Crippen LogP contribution < -0.4 is 10.6 Å². The highest BCUT2D eigenvalue weighted by Gasteiger charge is 2.21. The first-order chi connectivity index (χ1) is 8.70. The Labute approximate surface area is 129 Å². The smallest absolute Gasteiger partial charge is 0.228 e. The molecule has 1 aromatic carbocycles. The summed E-state index contributed by atoms with van der Waals surface area (Å²) in [7, 11) is 0. The lowest BCUT2D eigenvalue weighted by Crippen LogP contribution is -2.37. The first kappa shape index (κ1) is 16.5. The minimum atomic E-state index is 0. The fraction of sp³-hybridized carbons (Fsp3) is 0.500. The molecule has 5 heteroatoms. The van der Waals surface area contributed by atoms with E-state index in [0.717, 1.165) is 42.5 Å². The van der Waals surface area contributed by atoms with Gasteiger partial charge in [-0.15, -0.1) is 12.4 Å². The third-order valence-corrected chi connectivity index (χ3v) is 3.87. The number of rotatable bonds is 3. The zero-order chi connectivity index (χ0) is 13.0. The third-order valence-electron chi connectivity index (χ3n) is 3.37. The summed E-state index contributed by atoms with van der Waals surface area (Å²) in [6, 6.07) is 6.00. The molecule has 3 nitrogen and oxygen atoms in total. The maximum absolute atomic E-state index is 12.2. The van der Waals surface area contributed by atoms with Gasteiger partial charge < -0.3 is 10.6 Å². The van der Waals surface area contributed by atoms with E-state index in [1.54, 1.807) is 0 Å². The van der Waals surface area contributed by atoms with Gasteiger partial charge in [-0.3, -0.25) is 4.79 Å². The molecule has 1 unspecified atom stereocenters. The summed E-state index contributed by atoms with van der Waals surface area (Å²) in [5, 5.41) is 6.33. The molecule has 1 aromatic rings. The normalized spacial score (nSPS) is 18.5. The number of hydrogen-bond acceptors (Lipinski definition) is 2. The van der Waals surface area contributed by atoms with Crippen LogP contribution >= 0.6 is 28.3 Å².